The van der Waals surface area contributed by atoms with Gasteiger partial charge in [-0.3, -0.25) is 0 Å². The molecule has 1 aromatic rings. The fourth-order valence-corrected chi connectivity index (χ4v) is 2.24. The van der Waals surface area contributed by atoms with Gasteiger partial charge >= 0.3 is 0 Å². The summed E-state index contributed by atoms with van der Waals surface area (Å²) in [6.45, 7) is 3.26. The number of nitrogen functional groups attached to an aromatic ring is 1. The summed E-state index contributed by atoms with van der Waals surface area (Å²) < 4.78 is 1.22. The van der Waals surface area contributed by atoms with Crippen LogP contribution in [0.4, 0.5) is 11.4 Å². The highest BCUT2D eigenvalue weighted by Crippen LogP contribution is 2.23. The Morgan fingerprint density at radius 2 is 2.15 bits per heavy atom. The predicted molar refractivity (Wildman–Crippen MR) is 67.1 cm³/mol. The highest BCUT2D eigenvalue weighted by Gasteiger charge is 2.03. The first kappa shape index (κ1) is 10.6. The van der Waals surface area contributed by atoms with Crippen molar-refractivity contribution in [1.29, 1.82) is 0 Å². The van der Waals surface area contributed by atoms with E-state index in [0.717, 1.165) is 18.7 Å². The minimum atomic E-state index is 0.832. The van der Waals surface area contributed by atoms with Crippen LogP contribution in [-0.4, -0.2) is 13.6 Å². The van der Waals surface area contributed by atoms with E-state index in [1.165, 1.54) is 9.26 Å². The third-order valence-electron chi connectivity index (χ3n) is 1.94. The van der Waals surface area contributed by atoms with Crippen LogP contribution in [0.5, 0.6) is 0 Å². The quantitative estimate of drug-likeness (QED) is 0.685. The van der Waals surface area contributed by atoms with Gasteiger partial charge in [-0.2, -0.15) is 0 Å². The molecular weight excluding hydrogens is 275 g/mol. The molecule has 0 saturated heterocycles. The fourth-order valence-electron chi connectivity index (χ4n) is 1.29. The van der Waals surface area contributed by atoms with E-state index in [1.54, 1.807) is 0 Å². The molecule has 0 fully saturated rings. The summed E-state index contributed by atoms with van der Waals surface area (Å²) >= 11 is 2.32. The van der Waals surface area contributed by atoms with E-state index in [2.05, 4.69) is 47.5 Å². The highest BCUT2D eigenvalue weighted by molar-refractivity contribution is 14.1. The van der Waals surface area contributed by atoms with Gasteiger partial charge in [0.1, 0.15) is 0 Å². The summed E-state index contributed by atoms with van der Waals surface area (Å²) in [7, 11) is 2.11. The second-order valence-corrected chi connectivity index (χ2v) is 4.29. The first-order chi connectivity index (χ1) is 6.15. The second-order valence-electron chi connectivity index (χ2n) is 3.13. The summed E-state index contributed by atoms with van der Waals surface area (Å²) in [6.07, 6.45) is 1.16. The van der Waals surface area contributed by atoms with Crippen LogP contribution in [0.2, 0.25) is 0 Å². The minimum absolute atomic E-state index is 0.832. The molecule has 2 N–H and O–H groups in total. The van der Waals surface area contributed by atoms with Crippen molar-refractivity contribution in [3.8, 4) is 0 Å². The van der Waals surface area contributed by atoms with Gasteiger partial charge in [-0.05, 0) is 47.2 Å². The number of anilines is 2. The molecule has 0 amide bonds. The highest BCUT2D eigenvalue weighted by atomic mass is 127. The van der Waals surface area contributed by atoms with Crippen molar-refractivity contribution in [2.75, 3.05) is 24.2 Å². The molecule has 72 valence electrons. The van der Waals surface area contributed by atoms with Crippen molar-refractivity contribution in [2.45, 2.75) is 13.3 Å². The van der Waals surface area contributed by atoms with Gasteiger partial charge in [0.05, 0.1) is 5.69 Å². The summed E-state index contributed by atoms with van der Waals surface area (Å²) in [5.74, 6) is 0. The predicted octanol–water partition coefficient (Wildman–Crippen LogP) is 2.72. The summed E-state index contributed by atoms with van der Waals surface area (Å²) in [5, 5.41) is 0. The van der Waals surface area contributed by atoms with Crippen LogP contribution in [0.3, 0.4) is 0 Å². The van der Waals surface area contributed by atoms with Crippen LogP contribution >= 0.6 is 22.6 Å². The average Bonchev–Trinajstić information content (AvgIpc) is 2.04. The fraction of sp³-hybridized carbons (Fsp3) is 0.400. The molecule has 0 radical (unpaired) electrons. The zero-order chi connectivity index (χ0) is 9.84. The number of nitrogens with zero attached hydrogens (tertiary/aromatic N) is 1. The van der Waals surface area contributed by atoms with Crippen LogP contribution < -0.4 is 10.6 Å². The number of rotatable bonds is 3. The number of halogens is 1. The van der Waals surface area contributed by atoms with Gasteiger partial charge in [0.2, 0.25) is 0 Å². The Kier molecular flexibility index (Phi) is 3.84. The normalized spacial score (nSPS) is 10.1. The maximum absolute atomic E-state index is 5.68. The lowest BCUT2D eigenvalue weighted by molar-refractivity contribution is 0.850. The van der Waals surface area contributed by atoms with Crippen LogP contribution in [0.25, 0.3) is 0 Å². The second kappa shape index (κ2) is 4.69. The van der Waals surface area contributed by atoms with E-state index in [4.69, 9.17) is 5.73 Å². The Labute approximate surface area is 93.3 Å². The first-order valence-electron chi connectivity index (χ1n) is 4.41. The van der Waals surface area contributed by atoms with Gasteiger partial charge in [-0.15, -0.1) is 0 Å². The minimum Gasteiger partial charge on any atom is -0.399 e. The van der Waals surface area contributed by atoms with E-state index in [9.17, 15) is 0 Å². The molecular formula is C10H15IN2. The lowest BCUT2D eigenvalue weighted by Crippen LogP contribution is -2.18. The third kappa shape index (κ3) is 2.76. The zero-order valence-corrected chi connectivity index (χ0v) is 10.2. The smallest absolute Gasteiger partial charge is 0.0500 e. The molecule has 0 spiro atoms. The molecule has 0 aliphatic heterocycles. The molecule has 0 unspecified atom stereocenters. The average molecular weight is 290 g/mol. The number of hydrogen-bond donors (Lipinski definition) is 1. The van der Waals surface area contributed by atoms with Crippen LogP contribution in [-0.2, 0) is 0 Å². The Hall–Kier alpha value is -0.450. The van der Waals surface area contributed by atoms with Crippen LogP contribution in [0, 0.1) is 3.57 Å². The summed E-state index contributed by atoms with van der Waals surface area (Å²) in [5.41, 5.74) is 7.77. The van der Waals surface area contributed by atoms with Gasteiger partial charge in [0, 0.05) is 22.8 Å². The van der Waals surface area contributed by atoms with Gasteiger partial charge < -0.3 is 10.6 Å². The molecule has 0 heterocycles. The lowest BCUT2D eigenvalue weighted by atomic mass is 10.2. The molecule has 13 heavy (non-hydrogen) atoms. The molecule has 2 nitrogen and oxygen atoms in total. The molecule has 0 bridgehead atoms. The Morgan fingerprint density at radius 1 is 1.46 bits per heavy atom. The van der Waals surface area contributed by atoms with E-state index < -0.39 is 0 Å². The molecule has 0 saturated carbocycles. The lowest BCUT2D eigenvalue weighted by Gasteiger charge is -2.19. The van der Waals surface area contributed by atoms with Crippen molar-refractivity contribution in [3.63, 3.8) is 0 Å². The summed E-state index contributed by atoms with van der Waals surface area (Å²) in [6, 6.07) is 6.03. The standard InChI is InChI=1S/C10H15IN2/c1-3-6-13(2)10-5-4-8(12)7-9(10)11/h4-5,7H,3,6,12H2,1-2H3. The molecule has 3 heteroatoms. The van der Waals surface area contributed by atoms with Crippen LogP contribution in [0.15, 0.2) is 18.2 Å². The molecule has 0 aliphatic rings. The maximum atomic E-state index is 5.68. The molecule has 0 aromatic heterocycles. The Morgan fingerprint density at radius 3 is 2.69 bits per heavy atom. The van der Waals surface area contributed by atoms with Crippen molar-refractivity contribution in [2.24, 2.45) is 0 Å². The number of nitrogens with two attached hydrogens (primary N) is 1. The van der Waals surface area contributed by atoms with E-state index in [-0.39, 0.29) is 0 Å². The van der Waals surface area contributed by atoms with E-state index in [0.29, 0.717) is 0 Å². The van der Waals surface area contributed by atoms with Crippen molar-refractivity contribution >= 4 is 34.0 Å². The van der Waals surface area contributed by atoms with Gasteiger partial charge in [0.15, 0.2) is 0 Å². The van der Waals surface area contributed by atoms with E-state index >= 15 is 0 Å². The van der Waals surface area contributed by atoms with Crippen molar-refractivity contribution in [1.82, 2.24) is 0 Å². The van der Waals surface area contributed by atoms with Crippen molar-refractivity contribution < 1.29 is 0 Å². The third-order valence-corrected chi connectivity index (χ3v) is 2.81. The SMILES string of the molecule is CCCN(C)c1ccc(N)cc1I. The van der Waals surface area contributed by atoms with Crippen LogP contribution in [0.1, 0.15) is 13.3 Å². The largest absolute Gasteiger partial charge is 0.399 e. The topological polar surface area (TPSA) is 29.3 Å². The molecule has 1 rings (SSSR count). The van der Waals surface area contributed by atoms with Crippen molar-refractivity contribution in [3.05, 3.63) is 21.8 Å². The summed E-state index contributed by atoms with van der Waals surface area (Å²) in [4.78, 5) is 2.25. The molecule has 0 aliphatic carbocycles. The monoisotopic (exact) mass is 290 g/mol. The molecule has 1 aromatic carbocycles. The number of hydrogen-bond acceptors (Lipinski definition) is 2. The zero-order valence-electron chi connectivity index (χ0n) is 8.05. The Bertz CT molecular complexity index is 286. The molecule has 0 atom stereocenters. The maximum Gasteiger partial charge on any atom is 0.0500 e. The van der Waals surface area contributed by atoms with Gasteiger partial charge in [-0.25, -0.2) is 0 Å². The van der Waals surface area contributed by atoms with Gasteiger partial charge in [0.25, 0.3) is 0 Å². The first-order valence-corrected chi connectivity index (χ1v) is 5.49. The van der Waals surface area contributed by atoms with E-state index in [1.807, 2.05) is 12.1 Å². The Balaban J connectivity index is 2.88. The number of benzene rings is 1. The van der Waals surface area contributed by atoms with Gasteiger partial charge in [-0.1, -0.05) is 6.92 Å².